The minimum atomic E-state index is -0.193. The number of hydrogen-bond acceptors (Lipinski definition) is 5. The summed E-state index contributed by atoms with van der Waals surface area (Å²) in [5.74, 6) is 5.73. The van der Waals surface area contributed by atoms with E-state index in [1.165, 1.54) is 23.1 Å². The lowest BCUT2D eigenvalue weighted by atomic mass is 10.2. The van der Waals surface area contributed by atoms with E-state index >= 15 is 0 Å². The first kappa shape index (κ1) is 12.3. The van der Waals surface area contributed by atoms with E-state index < -0.39 is 0 Å². The standard InChI is InChI=1S/C13H11N3OS2/c1-18-13-15-9-7-10(8-5-3-2-4-6-8)19-11(9)12(17)16(13)14/h2-7H,14H2,1H3. The summed E-state index contributed by atoms with van der Waals surface area (Å²) in [6.45, 7) is 0. The van der Waals surface area contributed by atoms with Crippen LogP contribution in [0.3, 0.4) is 0 Å². The summed E-state index contributed by atoms with van der Waals surface area (Å²) in [5.41, 5.74) is 1.60. The van der Waals surface area contributed by atoms with Gasteiger partial charge < -0.3 is 5.84 Å². The van der Waals surface area contributed by atoms with Gasteiger partial charge in [-0.3, -0.25) is 4.79 Å². The Morgan fingerprint density at radius 3 is 2.74 bits per heavy atom. The molecule has 0 aliphatic heterocycles. The lowest BCUT2D eigenvalue weighted by molar-refractivity contribution is 0.783. The molecule has 0 fully saturated rings. The van der Waals surface area contributed by atoms with Crippen LogP contribution in [0, 0.1) is 0 Å². The fraction of sp³-hybridized carbons (Fsp3) is 0.0769. The maximum absolute atomic E-state index is 12.1. The predicted octanol–water partition coefficient (Wildman–Crippen LogP) is 2.56. The van der Waals surface area contributed by atoms with Crippen LogP contribution >= 0.6 is 23.1 Å². The first-order valence-corrected chi connectivity index (χ1v) is 7.66. The number of hydrogen-bond donors (Lipinski definition) is 1. The van der Waals surface area contributed by atoms with Crippen molar-refractivity contribution in [3.05, 3.63) is 46.8 Å². The van der Waals surface area contributed by atoms with Gasteiger partial charge in [0.05, 0.1) is 5.52 Å². The van der Waals surface area contributed by atoms with E-state index in [0.717, 1.165) is 15.1 Å². The molecule has 2 N–H and O–H groups in total. The number of aromatic nitrogens is 2. The third-order valence-corrected chi connectivity index (χ3v) is 4.60. The van der Waals surface area contributed by atoms with E-state index in [4.69, 9.17) is 5.84 Å². The van der Waals surface area contributed by atoms with Crippen molar-refractivity contribution in [2.24, 2.45) is 0 Å². The second-order valence-electron chi connectivity index (χ2n) is 3.96. The number of rotatable bonds is 2. The monoisotopic (exact) mass is 289 g/mol. The molecule has 3 aromatic rings. The first-order valence-electron chi connectivity index (χ1n) is 5.62. The highest BCUT2D eigenvalue weighted by molar-refractivity contribution is 7.98. The van der Waals surface area contributed by atoms with Crippen LogP contribution in [0.25, 0.3) is 20.7 Å². The van der Waals surface area contributed by atoms with Gasteiger partial charge in [0.1, 0.15) is 4.70 Å². The number of nitrogens with zero attached hydrogens (tertiary/aromatic N) is 2. The Morgan fingerprint density at radius 2 is 2.05 bits per heavy atom. The highest BCUT2D eigenvalue weighted by Crippen LogP contribution is 2.31. The molecule has 19 heavy (non-hydrogen) atoms. The van der Waals surface area contributed by atoms with Gasteiger partial charge in [-0.25, -0.2) is 9.66 Å². The van der Waals surface area contributed by atoms with Crippen LogP contribution in [0.2, 0.25) is 0 Å². The molecule has 0 saturated heterocycles. The molecule has 0 radical (unpaired) electrons. The van der Waals surface area contributed by atoms with Gasteiger partial charge in [0.15, 0.2) is 5.16 Å². The quantitative estimate of drug-likeness (QED) is 0.447. The molecular weight excluding hydrogens is 278 g/mol. The molecule has 0 amide bonds. The van der Waals surface area contributed by atoms with Crippen molar-refractivity contribution >= 4 is 33.3 Å². The summed E-state index contributed by atoms with van der Waals surface area (Å²) in [6.07, 6.45) is 1.85. The fourth-order valence-electron chi connectivity index (χ4n) is 1.86. The first-order chi connectivity index (χ1) is 9.20. The summed E-state index contributed by atoms with van der Waals surface area (Å²) in [5, 5.41) is 0.523. The molecule has 2 heterocycles. The van der Waals surface area contributed by atoms with E-state index in [0.29, 0.717) is 15.4 Å². The third-order valence-electron chi connectivity index (χ3n) is 2.79. The van der Waals surface area contributed by atoms with Crippen molar-refractivity contribution in [3.63, 3.8) is 0 Å². The molecule has 96 valence electrons. The van der Waals surface area contributed by atoms with Gasteiger partial charge in [-0.05, 0) is 17.9 Å². The van der Waals surface area contributed by atoms with Gasteiger partial charge in [-0.15, -0.1) is 11.3 Å². The molecule has 0 aliphatic carbocycles. The predicted molar refractivity (Wildman–Crippen MR) is 81.2 cm³/mol. The number of benzene rings is 1. The molecule has 1 aromatic carbocycles. The lowest BCUT2D eigenvalue weighted by Gasteiger charge is -2.02. The molecule has 4 nitrogen and oxygen atoms in total. The number of fused-ring (bicyclic) bond motifs is 1. The Morgan fingerprint density at radius 1 is 1.32 bits per heavy atom. The highest BCUT2D eigenvalue weighted by Gasteiger charge is 2.12. The van der Waals surface area contributed by atoms with Gasteiger partial charge >= 0.3 is 0 Å². The van der Waals surface area contributed by atoms with E-state index in [2.05, 4.69) is 4.98 Å². The van der Waals surface area contributed by atoms with E-state index in [-0.39, 0.29) is 5.56 Å². The molecule has 0 saturated carbocycles. The second kappa shape index (κ2) is 4.71. The molecule has 0 unspecified atom stereocenters. The lowest BCUT2D eigenvalue weighted by Crippen LogP contribution is -2.28. The van der Waals surface area contributed by atoms with E-state index in [1.54, 1.807) is 0 Å². The molecule has 0 atom stereocenters. The largest absolute Gasteiger partial charge is 0.334 e. The minimum Gasteiger partial charge on any atom is -0.334 e. The Bertz CT molecular complexity index is 793. The zero-order chi connectivity index (χ0) is 13.4. The Labute approximate surface area is 117 Å². The number of nitrogens with two attached hydrogens (primary N) is 1. The normalized spacial score (nSPS) is 11.0. The van der Waals surface area contributed by atoms with E-state index in [9.17, 15) is 4.79 Å². The van der Waals surface area contributed by atoms with Crippen LogP contribution in [-0.4, -0.2) is 15.9 Å². The van der Waals surface area contributed by atoms with Gasteiger partial charge in [0.2, 0.25) is 0 Å². The third kappa shape index (κ3) is 2.02. The number of thioether (sulfide) groups is 1. The zero-order valence-electron chi connectivity index (χ0n) is 10.2. The summed E-state index contributed by atoms with van der Waals surface area (Å²) >= 11 is 2.79. The summed E-state index contributed by atoms with van der Waals surface area (Å²) in [7, 11) is 0. The summed E-state index contributed by atoms with van der Waals surface area (Å²) in [4.78, 5) is 17.6. The molecule has 0 aliphatic rings. The average molecular weight is 289 g/mol. The van der Waals surface area contributed by atoms with Crippen molar-refractivity contribution in [1.82, 2.24) is 9.66 Å². The smallest absolute Gasteiger partial charge is 0.290 e. The van der Waals surface area contributed by atoms with Gasteiger partial charge in [-0.1, -0.05) is 42.1 Å². The SMILES string of the molecule is CSc1nc2cc(-c3ccccc3)sc2c(=O)n1N. The van der Waals surface area contributed by atoms with Crippen molar-refractivity contribution in [2.75, 3.05) is 12.1 Å². The maximum atomic E-state index is 12.1. The Balaban J connectivity index is 2.27. The highest BCUT2D eigenvalue weighted by atomic mass is 32.2. The fourth-order valence-corrected chi connectivity index (χ4v) is 3.37. The van der Waals surface area contributed by atoms with E-state index in [1.807, 2.05) is 42.7 Å². The number of thiophene rings is 1. The van der Waals surface area contributed by atoms with Crippen LogP contribution < -0.4 is 11.4 Å². The minimum absolute atomic E-state index is 0.193. The summed E-state index contributed by atoms with van der Waals surface area (Å²) in [6, 6.07) is 11.9. The van der Waals surface area contributed by atoms with Crippen molar-refractivity contribution in [1.29, 1.82) is 0 Å². The van der Waals surface area contributed by atoms with Crippen LogP contribution in [0.5, 0.6) is 0 Å². The van der Waals surface area contributed by atoms with Crippen molar-refractivity contribution in [3.8, 4) is 10.4 Å². The van der Waals surface area contributed by atoms with Gasteiger partial charge in [-0.2, -0.15) is 0 Å². The molecule has 2 aromatic heterocycles. The molecule has 6 heteroatoms. The van der Waals surface area contributed by atoms with Gasteiger partial charge in [0.25, 0.3) is 5.56 Å². The second-order valence-corrected chi connectivity index (χ2v) is 5.79. The van der Waals surface area contributed by atoms with Crippen LogP contribution in [0.4, 0.5) is 0 Å². The van der Waals surface area contributed by atoms with Crippen LogP contribution in [0.1, 0.15) is 0 Å². The van der Waals surface area contributed by atoms with Crippen LogP contribution in [-0.2, 0) is 0 Å². The number of nitrogen functional groups attached to an aromatic ring is 1. The van der Waals surface area contributed by atoms with Crippen molar-refractivity contribution < 1.29 is 0 Å². The Kier molecular flexibility index (Phi) is 3.04. The van der Waals surface area contributed by atoms with Gasteiger partial charge in [0, 0.05) is 4.88 Å². The Hall–Kier alpha value is -1.79. The topological polar surface area (TPSA) is 60.9 Å². The molecule has 0 bridgehead atoms. The summed E-state index contributed by atoms with van der Waals surface area (Å²) < 4.78 is 1.71. The maximum Gasteiger partial charge on any atom is 0.290 e. The molecule has 3 rings (SSSR count). The molecule has 0 spiro atoms. The van der Waals surface area contributed by atoms with Crippen LogP contribution in [0.15, 0.2) is 46.3 Å². The van der Waals surface area contributed by atoms with Crippen molar-refractivity contribution in [2.45, 2.75) is 5.16 Å². The average Bonchev–Trinajstić information content (AvgIpc) is 2.88. The molecular formula is C13H11N3OS2. The zero-order valence-corrected chi connectivity index (χ0v) is 11.8.